The van der Waals surface area contributed by atoms with Gasteiger partial charge in [0.2, 0.25) is 5.91 Å². The number of hydrogen-bond acceptors (Lipinski definition) is 4. The lowest BCUT2D eigenvalue weighted by Crippen LogP contribution is -2.45. The highest BCUT2D eigenvalue weighted by Gasteiger charge is 2.39. The number of fused-ring (bicyclic) bond motifs is 3. The van der Waals surface area contributed by atoms with Crippen LogP contribution in [0.25, 0.3) is 0 Å². The Morgan fingerprint density at radius 2 is 2.04 bits per heavy atom. The molecule has 2 aliphatic heterocycles. The van der Waals surface area contributed by atoms with Crippen molar-refractivity contribution in [1.82, 2.24) is 9.80 Å². The monoisotopic (exact) mass is 372 g/mol. The number of carbonyl (C=O) groups excluding carboxylic acids is 2. The Morgan fingerprint density at radius 1 is 1.29 bits per heavy atom. The van der Waals surface area contributed by atoms with Crippen LogP contribution in [0.3, 0.4) is 0 Å². The zero-order chi connectivity index (χ0) is 17.4. The van der Waals surface area contributed by atoms with E-state index in [4.69, 9.17) is 32.7 Å². The maximum absolute atomic E-state index is 13.0. The molecule has 1 aromatic rings. The summed E-state index contributed by atoms with van der Waals surface area (Å²) >= 11 is 12.2. The van der Waals surface area contributed by atoms with E-state index in [0.29, 0.717) is 36.9 Å². The first-order chi connectivity index (χ1) is 11.4. The van der Waals surface area contributed by atoms with Crippen molar-refractivity contribution in [3.63, 3.8) is 0 Å². The van der Waals surface area contributed by atoms with Gasteiger partial charge in [-0.05, 0) is 12.1 Å². The summed E-state index contributed by atoms with van der Waals surface area (Å²) in [5.41, 5.74) is 0.297. The fraction of sp³-hybridized carbons (Fsp3) is 0.500. The molecule has 1 aromatic carbocycles. The SMILES string of the molecule is COc1c(Cl)cc(Cl)cc1C(=O)N1C[C@@H]2COC[C@H](C1)N(C)C2=O. The fourth-order valence-electron chi connectivity index (χ4n) is 3.16. The van der Waals surface area contributed by atoms with E-state index in [1.807, 2.05) is 0 Å². The summed E-state index contributed by atoms with van der Waals surface area (Å²) < 4.78 is 10.8. The highest BCUT2D eigenvalue weighted by atomic mass is 35.5. The lowest BCUT2D eigenvalue weighted by Gasteiger charge is -2.29. The molecule has 2 bridgehead atoms. The Bertz CT molecular complexity index is 682. The molecule has 2 atom stereocenters. The van der Waals surface area contributed by atoms with E-state index in [1.165, 1.54) is 19.2 Å². The van der Waals surface area contributed by atoms with Gasteiger partial charge in [-0.2, -0.15) is 0 Å². The molecule has 0 aliphatic carbocycles. The number of ether oxygens (including phenoxy) is 2. The van der Waals surface area contributed by atoms with Gasteiger partial charge in [-0.1, -0.05) is 23.2 Å². The van der Waals surface area contributed by atoms with Gasteiger partial charge < -0.3 is 19.3 Å². The number of halogens is 2. The van der Waals surface area contributed by atoms with Gasteiger partial charge in [0.25, 0.3) is 5.91 Å². The number of hydrogen-bond donors (Lipinski definition) is 0. The predicted molar refractivity (Wildman–Crippen MR) is 89.8 cm³/mol. The number of nitrogens with zero attached hydrogens (tertiary/aromatic N) is 2. The van der Waals surface area contributed by atoms with Crippen LogP contribution in [-0.4, -0.2) is 68.1 Å². The van der Waals surface area contributed by atoms with Crippen LogP contribution in [0.15, 0.2) is 12.1 Å². The van der Waals surface area contributed by atoms with Crippen LogP contribution >= 0.6 is 23.2 Å². The van der Waals surface area contributed by atoms with Crippen molar-refractivity contribution in [2.45, 2.75) is 6.04 Å². The molecule has 2 aliphatic rings. The van der Waals surface area contributed by atoms with Gasteiger partial charge in [0.05, 0.1) is 42.9 Å². The Hall–Kier alpha value is -1.50. The minimum absolute atomic E-state index is 0.00360. The number of rotatable bonds is 2. The molecule has 0 unspecified atom stereocenters. The van der Waals surface area contributed by atoms with Crippen molar-refractivity contribution in [2.75, 3.05) is 40.5 Å². The smallest absolute Gasteiger partial charge is 0.257 e. The van der Waals surface area contributed by atoms with Crippen LogP contribution in [0.1, 0.15) is 10.4 Å². The average Bonchev–Trinajstić information content (AvgIpc) is 2.71. The van der Waals surface area contributed by atoms with Crippen molar-refractivity contribution >= 4 is 35.0 Å². The molecule has 0 spiro atoms. The lowest BCUT2D eigenvalue weighted by molar-refractivity contribution is -0.133. The van der Waals surface area contributed by atoms with Crippen molar-refractivity contribution in [3.05, 3.63) is 27.7 Å². The fourth-order valence-corrected chi connectivity index (χ4v) is 3.73. The Kier molecular flexibility index (Phi) is 4.90. The number of benzene rings is 1. The third kappa shape index (κ3) is 3.06. The molecule has 2 heterocycles. The second-order valence-corrected chi connectivity index (χ2v) is 6.86. The minimum Gasteiger partial charge on any atom is -0.494 e. The number of carbonyl (C=O) groups is 2. The van der Waals surface area contributed by atoms with E-state index in [9.17, 15) is 9.59 Å². The minimum atomic E-state index is -0.368. The molecule has 2 fully saturated rings. The molecule has 130 valence electrons. The van der Waals surface area contributed by atoms with Crippen molar-refractivity contribution in [3.8, 4) is 5.75 Å². The first-order valence-electron chi connectivity index (χ1n) is 7.59. The normalized spacial score (nSPS) is 23.9. The van der Waals surface area contributed by atoms with Crippen LogP contribution in [0, 0.1) is 5.92 Å². The van der Waals surface area contributed by atoms with Crippen LogP contribution in [0.2, 0.25) is 10.0 Å². The van der Waals surface area contributed by atoms with Crippen LogP contribution in [-0.2, 0) is 9.53 Å². The highest BCUT2D eigenvalue weighted by Crippen LogP contribution is 2.33. The zero-order valence-electron chi connectivity index (χ0n) is 13.4. The molecule has 8 heteroatoms. The first kappa shape index (κ1) is 17.3. The summed E-state index contributed by atoms with van der Waals surface area (Å²) in [4.78, 5) is 28.8. The number of methoxy groups -OCH3 is 1. The molecule has 0 radical (unpaired) electrons. The lowest BCUT2D eigenvalue weighted by atomic mass is 10.1. The Balaban J connectivity index is 1.95. The van der Waals surface area contributed by atoms with Crippen molar-refractivity contribution in [2.24, 2.45) is 5.92 Å². The molecule has 6 nitrogen and oxygen atoms in total. The van der Waals surface area contributed by atoms with Gasteiger partial charge in [0, 0.05) is 25.2 Å². The Labute approximate surface area is 150 Å². The quantitative estimate of drug-likeness (QED) is 0.795. The van der Waals surface area contributed by atoms with E-state index in [1.54, 1.807) is 16.8 Å². The first-order valence-corrected chi connectivity index (χ1v) is 8.34. The molecule has 0 N–H and O–H groups in total. The summed E-state index contributed by atoms with van der Waals surface area (Å²) in [5.74, 6) is -0.330. The van der Waals surface area contributed by atoms with E-state index in [0.717, 1.165) is 0 Å². The molecular formula is C16H18Cl2N2O4. The average molecular weight is 373 g/mol. The number of amides is 2. The second kappa shape index (κ2) is 6.78. The van der Waals surface area contributed by atoms with Gasteiger partial charge in [-0.15, -0.1) is 0 Å². The summed E-state index contributed by atoms with van der Waals surface area (Å²) in [5, 5.41) is 0.635. The van der Waals surface area contributed by atoms with Crippen LogP contribution < -0.4 is 4.74 Å². The maximum atomic E-state index is 13.0. The zero-order valence-corrected chi connectivity index (χ0v) is 14.9. The molecule has 0 aromatic heterocycles. The van der Waals surface area contributed by atoms with Crippen molar-refractivity contribution in [1.29, 1.82) is 0 Å². The second-order valence-electron chi connectivity index (χ2n) is 6.02. The summed E-state index contributed by atoms with van der Waals surface area (Å²) in [6.07, 6.45) is 0. The molecule has 2 saturated heterocycles. The number of likely N-dealkylation sites (N-methyl/N-ethyl adjacent to an activating group) is 1. The molecule has 3 rings (SSSR count). The summed E-state index contributed by atoms with van der Waals surface area (Å²) in [6, 6.07) is 2.90. The van der Waals surface area contributed by atoms with Gasteiger partial charge in [-0.25, -0.2) is 0 Å². The maximum Gasteiger partial charge on any atom is 0.257 e. The van der Waals surface area contributed by atoms with Gasteiger partial charge in [0.1, 0.15) is 5.75 Å². The predicted octanol–water partition coefficient (Wildman–Crippen LogP) is 1.93. The standard InChI is InChI=1S/C16H18Cl2N2O4/c1-19-11-6-20(5-9(15(19)21)7-24-8-11)16(22)12-3-10(17)4-13(18)14(12)23-2/h3-4,9,11H,5-8H2,1-2H3/t9-,11+/m1/s1. The van der Waals surface area contributed by atoms with Crippen LogP contribution in [0.4, 0.5) is 0 Å². The van der Waals surface area contributed by atoms with Crippen LogP contribution in [0.5, 0.6) is 5.75 Å². The summed E-state index contributed by atoms with van der Waals surface area (Å²) in [6.45, 7) is 1.42. The van der Waals surface area contributed by atoms with Crippen molar-refractivity contribution < 1.29 is 19.1 Å². The van der Waals surface area contributed by atoms with Gasteiger partial charge >= 0.3 is 0 Å². The Morgan fingerprint density at radius 3 is 2.75 bits per heavy atom. The van der Waals surface area contributed by atoms with E-state index in [-0.39, 0.29) is 34.5 Å². The van der Waals surface area contributed by atoms with Gasteiger partial charge in [0.15, 0.2) is 0 Å². The topological polar surface area (TPSA) is 59.1 Å². The van der Waals surface area contributed by atoms with Gasteiger partial charge in [-0.3, -0.25) is 9.59 Å². The molecule has 24 heavy (non-hydrogen) atoms. The molecule has 2 amide bonds. The third-order valence-corrected chi connectivity index (χ3v) is 4.97. The highest BCUT2D eigenvalue weighted by molar-refractivity contribution is 6.36. The third-order valence-electron chi connectivity index (χ3n) is 4.48. The molecule has 0 saturated carbocycles. The molecular weight excluding hydrogens is 355 g/mol. The van der Waals surface area contributed by atoms with E-state index in [2.05, 4.69) is 0 Å². The van der Waals surface area contributed by atoms with E-state index >= 15 is 0 Å². The van der Waals surface area contributed by atoms with E-state index < -0.39 is 0 Å². The summed E-state index contributed by atoms with van der Waals surface area (Å²) in [7, 11) is 3.20. The largest absolute Gasteiger partial charge is 0.494 e.